The van der Waals surface area contributed by atoms with Crippen LogP contribution in [-0.4, -0.2) is 36.7 Å². The van der Waals surface area contributed by atoms with Gasteiger partial charge in [0.05, 0.1) is 18.5 Å². The topological polar surface area (TPSA) is 49.8 Å². The molecule has 0 aliphatic heterocycles. The minimum atomic E-state index is -0.149. The molecule has 0 saturated heterocycles. The van der Waals surface area contributed by atoms with E-state index in [4.69, 9.17) is 9.84 Å². The van der Waals surface area contributed by atoms with Crippen LogP contribution in [0.25, 0.3) is 0 Å². The summed E-state index contributed by atoms with van der Waals surface area (Å²) in [7, 11) is 3.36. The van der Waals surface area contributed by atoms with Crippen molar-refractivity contribution in [3.05, 3.63) is 38.2 Å². The van der Waals surface area contributed by atoms with E-state index in [0.717, 1.165) is 10.4 Å². The molecule has 0 unspecified atom stereocenters. The van der Waals surface area contributed by atoms with Crippen LogP contribution >= 0.6 is 22.7 Å². The lowest BCUT2D eigenvalue weighted by molar-refractivity contribution is 0.0791. The number of aliphatic hydroxyl groups excluding tert-OH is 1. The molecule has 110 valence electrons. The van der Waals surface area contributed by atoms with Crippen LogP contribution in [0.1, 0.15) is 20.1 Å². The van der Waals surface area contributed by atoms with E-state index in [1.807, 2.05) is 16.8 Å². The highest BCUT2D eigenvalue weighted by Crippen LogP contribution is 2.23. The van der Waals surface area contributed by atoms with Crippen molar-refractivity contribution in [2.45, 2.75) is 6.54 Å². The van der Waals surface area contributed by atoms with E-state index < -0.39 is 0 Å². The quantitative estimate of drug-likeness (QED) is 0.880. The standard InChI is InChI=1S/C15H15NO3S2/c1-16(15(18)14-7-12(19-2)10-21-14)8-13-6-11(9-20-13)4-3-5-17/h6-7,9-10,17H,5,8H2,1-2H3. The molecule has 1 N–H and O–H groups in total. The molecule has 2 rings (SSSR count). The number of carbonyl (C=O) groups excluding carboxylic acids is 1. The van der Waals surface area contributed by atoms with Crippen molar-refractivity contribution in [1.29, 1.82) is 0 Å². The normalized spacial score (nSPS) is 9.86. The number of amides is 1. The second-order valence-electron chi connectivity index (χ2n) is 4.27. The van der Waals surface area contributed by atoms with Gasteiger partial charge in [-0.2, -0.15) is 0 Å². The largest absolute Gasteiger partial charge is 0.496 e. The molecule has 0 saturated carbocycles. The summed E-state index contributed by atoms with van der Waals surface area (Å²) < 4.78 is 5.09. The van der Waals surface area contributed by atoms with Crippen LogP contribution in [0.4, 0.5) is 0 Å². The van der Waals surface area contributed by atoms with Crippen LogP contribution in [0.5, 0.6) is 5.75 Å². The highest BCUT2D eigenvalue weighted by Gasteiger charge is 2.15. The summed E-state index contributed by atoms with van der Waals surface area (Å²) in [6.45, 7) is 0.383. The van der Waals surface area contributed by atoms with Crippen LogP contribution in [0.15, 0.2) is 22.9 Å². The van der Waals surface area contributed by atoms with E-state index >= 15 is 0 Å². The summed E-state index contributed by atoms with van der Waals surface area (Å²) in [5, 5.41) is 12.4. The minimum absolute atomic E-state index is 0.0281. The fourth-order valence-electron chi connectivity index (χ4n) is 1.70. The van der Waals surface area contributed by atoms with Crippen LogP contribution in [0.3, 0.4) is 0 Å². The van der Waals surface area contributed by atoms with Gasteiger partial charge in [0, 0.05) is 34.3 Å². The van der Waals surface area contributed by atoms with E-state index in [1.165, 1.54) is 11.3 Å². The Labute approximate surface area is 131 Å². The van der Waals surface area contributed by atoms with Gasteiger partial charge in [-0.05, 0) is 6.07 Å². The maximum absolute atomic E-state index is 12.3. The number of carbonyl (C=O) groups is 1. The summed E-state index contributed by atoms with van der Waals surface area (Å²) in [6.07, 6.45) is 0. The lowest BCUT2D eigenvalue weighted by atomic mass is 10.3. The third-order valence-corrected chi connectivity index (χ3v) is 4.55. The first-order chi connectivity index (χ1) is 10.1. The van der Waals surface area contributed by atoms with Crippen LogP contribution in [0, 0.1) is 11.8 Å². The molecular weight excluding hydrogens is 306 g/mol. The fraction of sp³-hybridized carbons (Fsp3) is 0.267. The first-order valence-corrected chi connectivity index (χ1v) is 7.95. The molecule has 0 fully saturated rings. The van der Waals surface area contributed by atoms with E-state index in [2.05, 4.69) is 11.8 Å². The lowest BCUT2D eigenvalue weighted by Crippen LogP contribution is -2.24. The molecule has 6 heteroatoms. The van der Waals surface area contributed by atoms with E-state index in [1.54, 1.807) is 36.5 Å². The molecule has 1 amide bonds. The Hall–Kier alpha value is -1.81. The van der Waals surface area contributed by atoms with Crippen molar-refractivity contribution in [3.8, 4) is 17.6 Å². The highest BCUT2D eigenvalue weighted by molar-refractivity contribution is 7.12. The van der Waals surface area contributed by atoms with Gasteiger partial charge in [-0.25, -0.2) is 0 Å². The first-order valence-electron chi connectivity index (χ1n) is 6.19. The Bertz CT molecular complexity index is 678. The molecule has 4 nitrogen and oxygen atoms in total. The zero-order chi connectivity index (χ0) is 15.2. The van der Waals surface area contributed by atoms with Gasteiger partial charge in [-0.15, -0.1) is 22.7 Å². The Morgan fingerprint density at radius 1 is 1.38 bits per heavy atom. The zero-order valence-corrected chi connectivity index (χ0v) is 13.4. The van der Waals surface area contributed by atoms with Gasteiger partial charge in [0.15, 0.2) is 0 Å². The molecule has 0 atom stereocenters. The summed E-state index contributed by atoms with van der Waals surface area (Å²) >= 11 is 2.93. The van der Waals surface area contributed by atoms with Crippen LogP contribution in [0.2, 0.25) is 0 Å². The second kappa shape index (κ2) is 7.27. The van der Waals surface area contributed by atoms with Crippen molar-refractivity contribution in [2.75, 3.05) is 20.8 Å². The number of hydrogen-bond donors (Lipinski definition) is 1. The van der Waals surface area contributed by atoms with E-state index in [9.17, 15) is 4.79 Å². The number of methoxy groups -OCH3 is 1. The maximum atomic E-state index is 12.3. The summed E-state index contributed by atoms with van der Waals surface area (Å²) in [6, 6.07) is 3.68. The molecule has 0 bridgehead atoms. The highest BCUT2D eigenvalue weighted by atomic mass is 32.1. The van der Waals surface area contributed by atoms with E-state index in [0.29, 0.717) is 17.2 Å². The number of thiophene rings is 2. The molecule has 21 heavy (non-hydrogen) atoms. The number of rotatable bonds is 4. The number of ether oxygens (including phenoxy) is 1. The monoisotopic (exact) mass is 321 g/mol. The van der Waals surface area contributed by atoms with Crippen molar-refractivity contribution < 1.29 is 14.6 Å². The van der Waals surface area contributed by atoms with Gasteiger partial charge in [-0.1, -0.05) is 11.8 Å². The second-order valence-corrected chi connectivity index (χ2v) is 6.18. The third-order valence-electron chi connectivity index (χ3n) is 2.73. The molecule has 0 aliphatic rings. The minimum Gasteiger partial charge on any atom is -0.496 e. The molecule has 0 radical (unpaired) electrons. The molecular formula is C15H15NO3S2. The van der Waals surface area contributed by atoms with Crippen LogP contribution in [-0.2, 0) is 6.54 Å². The number of hydrogen-bond acceptors (Lipinski definition) is 5. The lowest BCUT2D eigenvalue weighted by Gasteiger charge is -2.14. The summed E-state index contributed by atoms with van der Waals surface area (Å²) in [5.41, 5.74) is 0.864. The Morgan fingerprint density at radius 3 is 2.86 bits per heavy atom. The Kier molecular flexibility index (Phi) is 5.39. The van der Waals surface area contributed by atoms with Gasteiger partial charge >= 0.3 is 0 Å². The maximum Gasteiger partial charge on any atom is 0.264 e. The fourth-order valence-corrected chi connectivity index (χ4v) is 3.42. The molecule has 0 aromatic carbocycles. The molecule has 0 spiro atoms. The van der Waals surface area contributed by atoms with Crippen molar-refractivity contribution in [2.24, 2.45) is 0 Å². The van der Waals surface area contributed by atoms with Crippen molar-refractivity contribution >= 4 is 28.6 Å². The smallest absolute Gasteiger partial charge is 0.264 e. The summed E-state index contributed by atoms with van der Waals surface area (Å²) in [5.74, 6) is 6.14. The predicted molar refractivity (Wildman–Crippen MR) is 85.0 cm³/mol. The Morgan fingerprint density at radius 2 is 2.19 bits per heavy atom. The van der Waals surface area contributed by atoms with Crippen molar-refractivity contribution in [1.82, 2.24) is 4.90 Å². The molecule has 2 heterocycles. The summed E-state index contributed by atoms with van der Waals surface area (Å²) in [4.78, 5) is 15.7. The average Bonchev–Trinajstić information content (AvgIpc) is 3.13. The van der Waals surface area contributed by atoms with Gasteiger partial charge < -0.3 is 14.7 Å². The van der Waals surface area contributed by atoms with Gasteiger partial charge in [-0.3, -0.25) is 4.79 Å². The number of aliphatic hydroxyl groups is 1. The Balaban J connectivity index is 2.01. The number of nitrogens with zero attached hydrogens (tertiary/aromatic N) is 1. The van der Waals surface area contributed by atoms with E-state index in [-0.39, 0.29) is 12.5 Å². The van der Waals surface area contributed by atoms with Gasteiger partial charge in [0.2, 0.25) is 0 Å². The third kappa shape index (κ3) is 4.08. The van der Waals surface area contributed by atoms with Crippen molar-refractivity contribution in [3.63, 3.8) is 0 Å². The zero-order valence-electron chi connectivity index (χ0n) is 11.8. The van der Waals surface area contributed by atoms with Gasteiger partial charge in [0.1, 0.15) is 12.4 Å². The van der Waals surface area contributed by atoms with Gasteiger partial charge in [0.25, 0.3) is 5.91 Å². The first kappa shape index (κ1) is 15.6. The molecule has 2 aromatic heterocycles. The molecule has 2 aromatic rings. The molecule has 0 aliphatic carbocycles. The SMILES string of the molecule is COc1csc(C(=O)N(C)Cc2cc(C#CCO)cs2)c1. The predicted octanol–water partition coefficient (Wildman–Crippen LogP) is 2.43. The van der Waals surface area contributed by atoms with Crippen LogP contribution < -0.4 is 4.74 Å². The average molecular weight is 321 g/mol.